The molecule has 1 fully saturated rings. The van der Waals surface area contributed by atoms with Gasteiger partial charge in [0.2, 0.25) is 0 Å². The molecule has 1 aliphatic rings. The van der Waals surface area contributed by atoms with Crippen LogP contribution in [0.2, 0.25) is 0 Å². The number of hydrogen-bond acceptors (Lipinski definition) is 5. The highest BCUT2D eigenvalue weighted by molar-refractivity contribution is 5.68. The van der Waals surface area contributed by atoms with E-state index in [0.717, 1.165) is 25.9 Å². The van der Waals surface area contributed by atoms with Crippen LogP contribution in [0.3, 0.4) is 0 Å². The molecule has 0 saturated carbocycles. The SMILES string of the molecule is O=C(CCN1CCC(CO)CC1)OO. The van der Waals surface area contributed by atoms with Crippen molar-refractivity contribution in [2.45, 2.75) is 19.3 Å². The molecule has 0 amide bonds. The highest BCUT2D eigenvalue weighted by Crippen LogP contribution is 2.16. The van der Waals surface area contributed by atoms with Crippen LogP contribution in [0.15, 0.2) is 0 Å². The van der Waals surface area contributed by atoms with E-state index in [1.165, 1.54) is 0 Å². The maximum atomic E-state index is 10.6. The van der Waals surface area contributed by atoms with Crippen molar-refractivity contribution >= 4 is 5.97 Å². The molecule has 0 unspecified atom stereocenters. The molecule has 0 radical (unpaired) electrons. The third-order valence-electron chi connectivity index (χ3n) is 2.70. The molecule has 5 heteroatoms. The molecule has 1 heterocycles. The summed E-state index contributed by atoms with van der Waals surface area (Å²) < 4.78 is 0. The first-order valence-electron chi connectivity index (χ1n) is 4.93. The van der Waals surface area contributed by atoms with Crippen LogP contribution in [-0.2, 0) is 9.68 Å². The van der Waals surface area contributed by atoms with Crippen LogP contribution < -0.4 is 0 Å². The summed E-state index contributed by atoms with van der Waals surface area (Å²) >= 11 is 0. The fraction of sp³-hybridized carbons (Fsp3) is 0.889. The zero-order valence-corrected chi connectivity index (χ0v) is 8.19. The van der Waals surface area contributed by atoms with Crippen molar-refractivity contribution in [2.24, 2.45) is 5.92 Å². The molecule has 1 rings (SSSR count). The molecule has 0 aromatic heterocycles. The fourth-order valence-corrected chi connectivity index (χ4v) is 1.69. The van der Waals surface area contributed by atoms with Crippen molar-refractivity contribution in [2.75, 3.05) is 26.2 Å². The van der Waals surface area contributed by atoms with Gasteiger partial charge >= 0.3 is 5.97 Å². The minimum absolute atomic E-state index is 0.223. The van der Waals surface area contributed by atoms with Crippen LogP contribution in [0.5, 0.6) is 0 Å². The van der Waals surface area contributed by atoms with Gasteiger partial charge in [0.15, 0.2) is 0 Å². The predicted molar refractivity (Wildman–Crippen MR) is 49.6 cm³/mol. The molecule has 0 aromatic carbocycles. The highest BCUT2D eigenvalue weighted by atomic mass is 17.1. The molecule has 0 atom stereocenters. The first kappa shape index (κ1) is 11.4. The fourth-order valence-electron chi connectivity index (χ4n) is 1.69. The second-order valence-corrected chi connectivity index (χ2v) is 3.68. The summed E-state index contributed by atoms with van der Waals surface area (Å²) in [6.07, 6.45) is 2.18. The van der Waals surface area contributed by atoms with Crippen molar-refractivity contribution in [1.82, 2.24) is 4.90 Å². The summed E-state index contributed by atoms with van der Waals surface area (Å²) in [5.74, 6) is -0.176. The van der Waals surface area contributed by atoms with Crippen LogP contribution in [0.25, 0.3) is 0 Å². The normalized spacial score (nSPS) is 19.6. The van der Waals surface area contributed by atoms with Gasteiger partial charge in [0.1, 0.15) is 0 Å². The average Bonchev–Trinajstić information content (AvgIpc) is 2.26. The molecule has 5 nitrogen and oxygen atoms in total. The standard InChI is InChI=1S/C9H17NO4/c11-7-8-1-4-10(5-2-8)6-3-9(12)14-13/h8,11,13H,1-7H2. The summed E-state index contributed by atoms with van der Waals surface area (Å²) in [7, 11) is 0. The number of carbonyl (C=O) groups is 1. The van der Waals surface area contributed by atoms with Gasteiger partial charge in [0.25, 0.3) is 0 Å². The van der Waals surface area contributed by atoms with E-state index in [-0.39, 0.29) is 13.0 Å². The second-order valence-electron chi connectivity index (χ2n) is 3.68. The van der Waals surface area contributed by atoms with E-state index in [4.69, 9.17) is 10.4 Å². The van der Waals surface area contributed by atoms with Gasteiger partial charge < -0.3 is 14.9 Å². The van der Waals surface area contributed by atoms with Gasteiger partial charge in [-0.1, -0.05) is 0 Å². The summed E-state index contributed by atoms with van der Waals surface area (Å²) in [5.41, 5.74) is 0. The zero-order chi connectivity index (χ0) is 10.4. The number of rotatable bonds is 4. The van der Waals surface area contributed by atoms with Gasteiger partial charge in [-0.25, -0.2) is 4.79 Å². The first-order valence-corrected chi connectivity index (χ1v) is 4.93. The van der Waals surface area contributed by atoms with Crippen molar-refractivity contribution in [3.63, 3.8) is 0 Å². The molecule has 0 aromatic rings. The van der Waals surface area contributed by atoms with Crippen molar-refractivity contribution in [3.05, 3.63) is 0 Å². The molecule has 1 saturated heterocycles. The van der Waals surface area contributed by atoms with E-state index in [1.54, 1.807) is 0 Å². The van der Waals surface area contributed by atoms with Crippen LogP contribution in [0, 0.1) is 5.92 Å². The summed E-state index contributed by atoms with van der Waals surface area (Å²) in [5, 5.41) is 17.0. The third-order valence-corrected chi connectivity index (χ3v) is 2.70. The smallest absolute Gasteiger partial charge is 0.343 e. The third kappa shape index (κ3) is 3.61. The number of hydrogen-bond donors (Lipinski definition) is 2. The molecule has 1 aliphatic heterocycles. The van der Waals surface area contributed by atoms with Gasteiger partial charge in [-0.15, -0.1) is 0 Å². The Labute approximate surface area is 83.2 Å². The number of carbonyl (C=O) groups excluding carboxylic acids is 1. The highest BCUT2D eigenvalue weighted by Gasteiger charge is 2.18. The number of piperidine rings is 1. The Morgan fingerprint density at radius 3 is 2.57 bits per heavy atom. The van der Waals surface area contributed by atoms with Crippen LogP contribution in [0.4, 0.5) is 0 Å². The van der Waals surface area contributed by atoms with Gasteiger partial charge in [-0.05, 0) is 31.8 Å². The summed E-state index contributed by atoms with van der Waals surface area (Å²) in [6.45, 7) is 2.69. The van der Waals surface area contributed by atoms with Gasteiger partial charge in [0.05, 0.1) is 6.42 Å². The van der Waals surface area contributed by atoms with Gasteiger partial charge in [-0.3, -0.25) is 0 Å². The van der Waals surface area contributed by atoms with E-state index in [2.05, 4.69) is 9.79 Å². The van der Waals surface area contributed by atoms with Crippen molar-refractivity contribution < 1.29 is 20.0 Å². The lowest BCUT2D eigenvalue weighted by molar-refractivity contribution is -0.234. The maximum Gasteiger partial charge on any atom is 0.343 e. The molecule has 0 bridgehead atoms. The average molecular weight is 203 g/mol. The monoisotopic (exact) mass is 203 g/mol. The predicted octanol–water partition coefficient (Wildman–Crippen LogP) is 0.0970. The lowest BCUT2D eigenvalue weighted by Crippen LogP contribution is -2.36. The van der Waals surface area contributed by atoms with Crippen LogP contribution in [0.1, 0.15) is 19.3 Å². The second kappa shape index (κ2) is 5.95. The molecule has 82 valence electrons. The minimum atomic E-state index is -0.589. The number of nitrogens with zero attached hydrogens (tertiary/aromatic N) is 1. The lowest BCUT2D eigenvalue weighted by atomic mass is 9.98. The molecule has 2 N–H and O–H groups in total. The van der Waals surface area contributed by atoms with E-state index in [9.17, 15) is 4.79 Å². The Morgan fingerprint density at radius 2 is 2.07 bits per heavy atom. The van der Waals surface area contributed by atoms with Gasteiger partial charge in [0, 0.05) is 13.2 Å². The number of aliphatic hydroxyl groups excluding tert-OH is 1. The topological polar surface area (TPSA) is 70.0 Å². The largest absolute Gasteiger partial charge is 0.396 e. The van der Waals surface area contributed by atoms with E-state index in [0.29, 0.717) is 12.5 Å². The van der Waals surface area contributed by atoms with Crippen LogP contribution >= 0.6 is 0 Å². The summed E-state index contributed by atoms with van der Waals surface area (Å²) in [4.78, 5) is 16.4. The number of aliphatic hydroxyl groups is 1. The number of likely N-dealkylation sites (tertiary alicyclic amines) is 1. The van der Waals surface area contributed by atoms with Crippen LogP contribution in [-0.4, -0.2) is 47.5 Å². The minimum Gasteiger partial charge on any atom is -0.396 e. The summed E-state index contributed by atoms with van der Waals surface area (Å²) in [6, 6.07) is 0. The molecule has 14 heavy (non-hydrogen) atoms. The van der Waals surface area contributed by atoms with E-state index in [1.807, 2.05) is 0 Å². The Bertz CT molecular complexity index is 178. The quantitative estimate of drug-likeness (QED) is 0.501. The molecular formula is C9H17NO4. The van der Waals surface area contributed by atoms with Gasteiger partial charge in [-0.2, -0.15) is 5.26 Å². The van der Waals surface area contributed by atoms with E-state index >= 15 is 0 Å². The maximum absolute atomic E-state index is 10.6. The first-order chi connectivity index (χ1) is 6.76. The molecular weight excluding hydrogens is 186 g/mol. The van der Waals surface area contributed by atoms with E-state index < -0.39 is 5.97 Å². The zero-order valence-electron chi connectivity index (χ0n) is 8.19. The molecule has 0 aliphatic carbocycles. The van der Waals surface area contributed by atoms with Crippen molar-refractivity contribution in [3.8, 4) is 0 Å². The Morgan fingerprint density at radius 1 is 1.43 bits per heavy atom. The Hall–Kier alpha value is -0.650. The van der Waals surface area contributed by atoms with Crippen molar-refractivity contribution in [1.29, 1.82) is 0 Å². The Balaban J connectivity index is 2.13. The molecule has 0 spiro atoms. The Kier molecular flexibility index (Phi) is 4.86. The lowest BCUT2D eigenvalue weighted by Gasteiger charge is -2.30.